The van der Waals surface area contributed by atoms with Crippen LogP contribution in [0.1, 0.15) is 41.6 Å². The summed E-state index contributed by atoms with van der Waals surface area (Å²) in [6.07, 6.45) is 4.23. The number of thioether (sulfide) groups is 1. The van der Waals surface area contributed by atoms with Crippen molar-refractivity contribution in [3.8, 4) is 5.75 Å². The van der Waals surface area contributed by atoms with Gasteiger partial charge >= 0.3 is 5.97 Å². The number of esters is 1. The second-order valence-electron chi connectivity index (χ2n) is 7.32. The molecule has 1 aliphatic rings. The number of aromatic hydroxyl groups is 1. The lowest BCUT2D eigenvalue weighted by molar-refractivity contribution is -0.122. The van der Waals surface area contributed by atoms with Gasteiger partial charge in [0.25, 0.3) is 5.91 Å². The Morgan fingerprint density at radius 2 is 1.85 bits per heavy atom. The highest BCUT2D eigenvalue weighted by atomic mass is 32.2. The number of hydrogen-bond acceptors (Lipinski definition) is 7. The van der Waals surface area contributed by atoms with Crippen molar-refractivity contribution < 1.29 is 24.2 Å². The molecule has 0 radical (unpaired) electrons. The van der Waals surface area contributed by atoms with E-state index in [1.807, 2.05) is 0 Å². The van der Waals surface area contributed by atoms with E-state index in [4.69, 9.17) is 12.2 Å². The maximum Gasteiger partial charge on any atom is 0.337 e. The predicted octanol–water partition coefficient (Wildman–Crippen LogP) is 4.58. The van der Waals surface area contributed by atoms with E-state index in [1.165, 1.54) is 24.9 Å². The predicted molar refractivity (Wildman–Crippen MR) is 133 cm³/mol. The molecule has 0 unspecified atom stereocenters. The van der Waals surface area contributed by atoms with Crippen LogP contribution in [-0.4, -0.2) is 45.8 Å². The van der Waals surface area contributed by atoms with Crippen LogP contribution >= 0.6 is 24.0 Å². The zero-order chi connectivity index (χ0) is 23.8. The van der Waals surface area contributed by atoms with Crippen LogP contribution in [0.5, 0.6) is 5.75 Å². The minimum Gasteiger partial charge on any atom is -0.506 e. The van der Waals surface area contributed by atoms with Crippen LogP contribution in [0.2, 0.25) is 0 Å². The summed E-state index contributed by atoms with van der Waals surface area (Å²) >= 11 is 6.62. The number of phenols is 1. The number of carbonyl (C=O) groups excluding carboxylic acids is 3. The van der Waals surface area contributed by atoms with Crippen molar-refractivity contribution in [3.63, 3.8) is 0 Å². The van der Waals surface area contributed by atoms with Crippen LogP contribution in [-0.2, 0) is 14.3 Å². The molecule has 1 saturated heterocycles. The van der Waals surface area contributed by atoms with E-state index < -0.39 is 5.97 Å². The van der Waals surface area contributed by atoms with E-state index in [1.54, 1.807) is 53.4 Å². The number of anilines is 1. The first-order chi connectivity index (χ1) is 15.9. The Balaban J connectivity index is 1.44. The minimum atomic E-state index is -0.413. The lowest BCUT2D eigenvalue weighted by Gasteiger charge is -2.14. The van der Waals surface area contributed by atoms with Gasteiger partial charge in [0.2, 0.25) is 5.91 Å². The van der Waals surface area contributed by atoms with Crippen molar-refractivity contribution in [1.82, 2.24) is 4.90 Å². The zero-order valence-electron chi connectivity index (χ0n) is 18.1. The number of para-hydroxylation sites is 2. The van der Waals surface area contributed by atoms with Gasteiger partial charge in [0.1, 0.15) is 10.1 Å². The molecule has 0 aromatic heterocycles. The van der Waals surface area contributed by atoms with Gasteiger partial charge in [-0.15, -0.1) is 0 Å². The molecule has 3 rings (SSSR count). The maximum absolute atomic E-state index is 12.7. The van der Waals surface area contributed by atoms with Crippen LogP contribution in [0.3, 0.4) is 0 Å². The van der Waals surface area contributed by atoms with Crippen LogP contribution in [0, 0.1) is 0 Å². The molecule has 2 N–H and O–H groups in total. The summed E-state index contributed by atoms with van der Waals surface area (Å²) in [7, 11) is 1.33. The molecule has 33 heavy (non-hydrogen) atoms. The summed E-state index contributed by atoms with van der Waals surface area (Å²) in [6, 6.07) is 13.4. The largest absolute Gasteiger partial charge is 0.506 e. The molecular weight excluding hydrogens is 460 g/mol. The lowest BCUT2D eigenvalue weighted by Crippen LogP contribution is -2.29. The van der Waals surface area contributed by atoms with Crippen LogP contribution in [0.4, 0.5) is 5.69 Å². The third-order valence-electron chi connectivity index (χ3n) is 4.97. The number of amides is 2. The third kappa shape index (κ3) is 6.66. The number of thiocarbonyl (C=S) groups is 1. The average Bonchev–Trinajstić information content (AvgIpc) is 3.07. The van der Waals surface area contributed by atoms with Gasteiger partial charge in [0.15, 0.2) is 0 Å². The highest BCUT2D eigenvalue weighted by Gasteiger charge is 2.31. The topological polar surface area (TPSA) is 95.9 Å². The molecule has 2 aromatic rings. The number of phenolic OH excluding ortho intramolecular Hbond substituents is 1. The lowest BCUT2D eigenvalue weighted by atomic mass is 10.1. The quantitative estimate of drug-likeness (QED) is 0.177. The maximum atomic E-state index is 12.7. The molecule has 172 valence electrons. The zero-order valence-corrected chi connectivity index (χ0v) is 19.7. The van der Waals surface area contributed by atoms with Gasteiger partial charge in [-0.05, 0) is 48.7 Å². The summed E-state index contributed by atoms with van der Waals surface area (Å²) in [5, 5.41) is 12.4. The standard InChI is InChI=1S/C24H24N2O5S2/c1-31-23(30)17-12-10-16(11-13-17)15-20-22(29)26(24(32)33-20)14-6-2-3-9-21(28)25-18-7-4-5-8-19(18)27/h4-5,7-8,10-13,15,27H,2-3,6,9,14H2,1H3,(H,25,28)/b20-15-. The summed E-state index contributed by atoms with van der Waals surface area (Å²) in [6.45, 7) is 0.490. The number of nitrogens with one attached hydrogen (secondary N) is 1. The van der Waals surface area contributed by atoms with Gasteiger partial charge in [-0.2, -0.15) is 0 Å². The second kappa shape index (κ2) is 11.6. The van der Waals surface area contributed by atoms with E-state index in [-0.39, 0.29) is 17.6 Å². The van der Waals surface area contributed by atoms with Crippen molar-refractivity contribution in [3.05, 3.63) is 64.6 Å². The number of nitrogens with zero attached hydrogens (tertiary/aromatic N) is 1. The highest BCUT2D eigenvalue weighted by Crippen LogP contribution is 2.33. The van der Waals surface area contributed by atoms with Gasteiger partial charge in [-0.3, -0.25) is 14.5 Å². The fourth-order valence-electron chi connectivity index (χ4n) is 3.20. The summed E-state index contributed by atoms with van der Waals surface area (Å²) < 4.78 is 5.19. The molecule has 0 spiro atoms. The van der Waals surface area contributed by atoms with Gasteiger partial charge in [-0.25, -0.2) is 4.79 Å². The van der Waals surface area contributed by atoms with E-state index >= 15 is 0 Å². The van der Waals surface area contributed by atoms with E-state index in [9.17, 15) is 19.5 Å². The minimum absolute atomic E-state index is 0.0349. The van der Waals surface area contributed by atoms with Crippen molar-refractivity contribution in [2.75, 3.05) is 19.0 Å². The van der Waals surface area contributed by atoms with Gasteiger partial charge in [0, 0.05) is 13.0 Å². The van der Waals surface area contributed by atoms with Crippen molar-refractivity contribution >= 4 is 57.8 Å². The molecule has 7 nitrogen and oxygen atoms in total. The van der Waals surface area contributed by atoms with E-state index in [2.05, 4.69) is 10.1 Å². The Hall–Kier alpha value is -3.17. The SMILES string of the molecule is COC(=O)c1ccc(/C=C2\SC(=S)N(CCCCCC(=O)Nc3ccccc3O)C2=O)cc1. The molecule has 1 heterocycles. The van der Waals surface area contributed by atoms with Crippen LogP contribution in [0.15, 0.2) is 53.4 Å². The first kappa shape index (κ1) is 24.5. The molecule has 9 heteroatoms. The first-order valence-electron chi connectivity index (χ1n) is 10.4. The fourth-order valence-corrected chi connectivity index (χ4v) is 4.51. The normalized spacial score (nSPS) is 14.6. The highest BCUT2D eigenvalue weighted by molar-refractivity contribution is 8.26. The van der Waals surface area contributed by atoms with Crippen molar-refractivity contribution in [1.29, 1.82) is 0 Å². The van der Waals surface area contributed by atoms with Gasteiger partial charge in [-0.1, -0.05) is 54.7 Å². The molecule has 0 saturated carbocycles. The molecule has 2 amide bonds. The second-order valence-corrected chi connectivity index (χ2v) is 9.00. The number of ether oxygens (including phenoxy) is 1. The number of carbonyl (C=O) groups is 3. The molecule has 1 fully saturated rings. The summed E-state index contributed by atoms with van der Waals surface area (Å²) in [4.78, 5) is 38.4. The molecule has 0 atom stereocenters. The van der Waals surface area contributed by atoms with Crippen LogP contribution < -0.4 is 5.32 Å². The number of methoxy groups -OCH3 is 1. The van der Waals surface area contributed by atoms with Gasteiger partial charge in [0.05, 0.1) is 23.3 Å². The fraction of sp³-hybridized carbons (Fsp3) is 0.250. The Kier molecular flexibility index (Phi) is 8.62. The van der Waals surface area contributed by atoms with Crippen molar-refractivity contribution in [2.24, 2.45) is 0 Å². The molecule has 1 aliphatic heterocycles. The number of rotatable bonds is 9. The average molecular weight is 485 g/mol. The Morgan fingerprint density at radius 3 is 2.55 bits per heavy atom. The van der Waals surface area contributed by atoms with Crippen molar-refractivity contribution in [2.45, 2.75) is 25.7 Å². The summed E-state index contributed by atoms with van der Waals surface area (Å²) in [5.41, 5.74) is 1.63. The van der Waals surface area contributed by atoms with E-state index in [0.29, 0.717) is 39.9 Å². The molecule has 0 bridgehead atoms. The number of benzene rings is 2. The third-order valence-corrected chi connectivity index (χ3v) is 6.34. The Bertz CT molecular complexity index is 1080. The van der Waals surface area contributed by atoms with E-state index in [0.717, 1.165) is 18.4 Å². The molecule has 0 aliphatic carbocycles. The first-order valence-corrected chi connectivity index (χ1v) is 11.6. The monoisotopic (exact) mass is 484 g/mol. The Labute approximate surface area is 201 Å². The number of unbranched alkanes of at least 4 members (excludes halogenated alkanes) is 2. The van der Waals surface area contributed by atoms with Crippen LogP contribution in [0.25, 0.3) is 6.08 Å². The Morgan fingerprint density at radius 1 is 1.12 bits per heavy atom. The molecule has 2 aromatic carbocycles. The number of hydrogen-bond donors (Lipinski definition) is 2. The molecular formula is C24H24N2O5S2. The smallest absolute Gasteiger partial charge is 0.337 e. The summed E-state index contributed by atoms with van der Waals surface area (Å²) in [5.74, 6) is -0.682. The van der Waals surface area contributed by atoms with Gasteiger partial charge < -0.3 is 15.2 Å².